The van der Waals surface area contributed by atoms with Gasteiger partial charge in [0.1, 0.15) is 11.3 Å². The molecule has 1 heterocycles. The molecule has 29 heavy (non-hydrogen) atoms. The molecule has 1 aliphatic heterocycles. The van der Waals surface area contributed by atoms with Gasteiger partial charge in [-0.2, -0.15) is 13.9 Å². The summed E-state index contributed by atoms with van der Waals surface area (Å²) in [5.41, 5.74) is -0.763. The first kappa shape index (κ1) is 19.9. The lowest BCUT2D eigenvalue weighted by Gasteiger charge is -2.21. The number of carbonyl (C=O) groups is 2. The molecule has 2 aromatic rings. The Hall–Kier alpha value is -3.89. The molecule has 150 valence electrons. The number of urea groups is 1. The molecule has 2 aromatic carbocycles. The molecular formula is C18H14F2N4O5. The second-order valence-electron chi connectivity index (χ2n) is 6.17. The monoisotopic (exact) mass is 404 g/mol. The first-order chi connectivity index (χ1) is 13.7. The SMILES string of the molecule is C[C@@]1(c2ccc(OC(F)F)cc2)NC(=O)N(/N=C\c2ccc([N+](=O)[O-])cc2)C1=O. The van der Waals surface area contributed by atoms with Gasteiger partial charge < -0.3 is 10.1 Å². The first-order valence-corrected chi connectivity index (χ1v) is 8.21. The fraction of sp³-hybridized carbons (Fsp3) is 0.167. The Morgan fingerprint density at radius 1 is 1.17 bits per heavy atom. The van der Waals surface area contributed by atoms with Gasteiger partial charge in [0.15, 0.2) is 0 Å². The van der Waals surface area contributed by atoms with Crippen molar-refractivity contribution in [2.75, 3.05) is 0 Å². The summed E-state index contributed by atoms with van der Waals surface area (Å²) in [5, 5.41) is 17.7. The zero-order chi connectivity index (χ0) is 21.2. The third-order valence-electron chi connectivity index (χ3n) is 4.25. The minimum Gasteiger partial charge on any atom is -0.435 e. The van der Waals surface area contributed by atoms with Gasteiger partial charge in [-0.15, -0.1) is 5.01 Å². The molecule has 1 aliphatic rings. The van der Waals surface area contributed by atoms with Crippen LogP contribution in [0, 0.1) is 10.1 Å². The van der Waals surface area contributed by atoms with E-state index in [-0.39, 0.29) is 11.4 Å². The van der Waals surface area contributed by atoms with Crippen molar-refractivity contribution in [3.05, 3.63) is 69.8 Å². The minimum atomic E-state index is -2.98. The van der Waals surface area contributed by atoms with Crippen molar-refractivity contribution in [3.8, 4) is 5.75 Å². The van der Waals surface area contributed by atoms with Gasteiger partial charge in [0.2, 0.25) is 0 Å². The minimum absolute atomic E-state index is 0.0860. The number of halogens is 2. The molecule has 3 rings (SSSR count). The number of nitro benzene ring substituents is 1. The smallest absolute Gasteiger partial charge is 0.387 e. The Kier molecular flexibility index (Phi) is 5.22. The second-order valence-corrected chi connectivity index (χ2v) is 6.17. The molecule has 0 aromatic heterocycles. The van der Waals surface area contributed by atoms with Crippen LogP contribution < -0.4 is 10.1 Å². The van der Waals surface area contributed by atoms with Crippen molar-refractivity contribution in [2.24, 2.45) is 5.10 Å². The standard InChI is InChI=1S/C18H14F2N4O5/c1-18(12-4-8-14(9-5-12)29-16(19)20)15(25)23(17(26)22-18)21-10-11-2-6-13(7-3-11)24(27)28/h2-10,16H,1H3,(H,22,26)/b21-10-/t18-/m0/s1. The Bertz CT molecular complexity index is 979. The van der Waals surface area contributed by atoms with Crippen molar-refractivity contribution in [1.29, 1.82) is 0 Å². The molecule has 0 saturated carbocycles. The van der Waals surface area contributed by atoms with Gasteiger partial charge in [-0.05, 0) is 42.3 Å². The molecule has 11 heteroatoms. The lowest BCUT2D eigenvalue weighted by Crippen LogP contribution is -2.40. The van der Waals surface area contributed by atoms with E-state index in [0.717, 1.165) is 0 Å². The summed E-state index contributed by atoms with van der Waals surface area (Å²) >= 11 is 0. The largest absolute Gasteiger partial charge is 0.435 e. The molecule has 1 N–H and O–H groups in total. The molecule has 1 fully saturated rings. The number of non-ortho nitro benzene ring substituents is 1. The van der Waals surface area contributed by atoms with Gasteiger partial charge >= 0.3 is 12.6 Å². The molecule has 0 unspecified atom stereocenters. The maximum absolute atomic E-state index is 12.8. The zero-order valence-electron chi connectivity index (χ0n) is 14.9. The number of hydrazone groups is 1. The van der Waals surface area contributed by atoms with Crippen molar-refractivity contribution in [3.63, 3.8) is 0 Å². The highest BCUT2D eigenvalue weighted by Gasteiger charge is 2.49. The van der Waals surface area contributed by atoms with E-state index >= 15 is 0 Å². The van der Waals surface area contributed by atoms with Crippen LogP contribution in [-0.2, 0) is 10.3 Å². The number of nitrogens with zero attached hydrogens (tertiary/aromatic N) is 3. The molecule has 0 aliphatic carbocycles. The van der Waals surface area contributed by atoms with Gasteiger partial charge in [-0.3, -0.25) is 14.9 Å². The van der Waals surface area contributed by atoms with Crippen LogP contribution in [0.5, 0.6) is 5.75 Å². The summed E-state index contributed by atoms with van der Waals surface area (Å²) in [6.07, 6.45) is 1.21. The van der Waals surface area contributed by atoms with Crippen LogP contribution in [-0.4, -0.2) is 34.7 Å². The van der Waals surface area contributed by atoms with Crippen LogP contribution in [0.3, 0.4) is 0 Å². The predicted molar refractivity (Wildman–Crippen MR) is 96.5 cm³/mol. The van der Waals surface area contributed by atoms with Gasteiger partial charge in [-0.25, -0.2) is 4.79 Å². The fourth-order valence-electron chi connectivity index (χ4n) is 2.70. The lowest BCUT2D eigenvalue weighted by atomic mass is 9.92. The van der Waals surface area contributed by atoms with E-state index in [2.05, 4.69) is 15.2 Å². The number of rotatable bonds is 6. The van der Waals surface area contributed by atoms with Crippen LogP contribution in [0.1, 0.15) is 18.1 Å². The maximum Gasteiger partial charge on any atom is 0.387 e. The molecular weight excluding hydrogens is 390 g/mol. The number of hydrogen-bond donors (Lipinski definition) is 1. The van der Waals surface area contributed by atoms with Crippen molar-refractivity contribution in [1.82, 2.24) is 10.3 Å². The van der Waals surface area contributed by atoms with Gasteiger partial charge in [0.25, 0.3) is 11.6 Å². The Balaban J connectivity index is 1.78. The van der Waals surface area contributed by atoms with Crippen molar-refractivity contribution in [2.45, 2.75) is 19.1 Å². The zero-order valence-corrected chi connectivity index (χ0v) is 14.9. The summed E-state index contributed by atoms with van der Waals surface area (Å²) < 4.78 is 28.8. The van der Waals surface area contributed by atoms with Crippen molar-refractivity contribution < 1.29 is 28.0 Å². The van der Waals surface area contributed by atoms with Gasteiger partial charge in [0.05, 0.1) is 11.1 Å². The number of ether oxygens (including phenoxy) is 1. The molecule has 0 radical (unpaired) electrons. The number of amides is 3. The molecule has 9 nitrogen and oxygen atoms in total. The number of alkyl halides is 2. The Labute approximate surface area is 162 Å². The van der Waals surface area contributed by atoms with Crippen LogP contribution in [0.25, 0.3) is 0 Å². The average molecular weight is 404 g/mol. The van der Waals surface area contributed by atoms with Crippen LogP contribution >= 0.6 is 0 Å². The van der Waals surface area contributed by atoms with E-state index in [4.69, 9.17) is 0 Å². The highest BCUT2D eigenvalue weighted by Crippen LogP contribution is 2.30. The van der Waals surface area contributed by atoms with E-state index < -0.39 is 29.0 Å². The van der Waals surface area contributed by atoms with E-state index in [1.54, 1.807) is 0 Å². The third-order valence-corrected chi connectivity index (χ3v) is 4.25. The summed E-state index contributed by atoms with van der Waals surface area (Å²) in [6.45, 7) is -1.52. The number of imide groups is 1. The van der Waals surface area contributed by atoms with E-state index in [9.17, 15) is 28.5 Å². The summed E-state index contributed by atoms with van der Waals surface area (Å²) in [4.78, 5) is 35.1. The summed E-state index contributed by atoms with van der Waals surface area (Å²) in [6, 6.07) is 9.88. The molecule has 0 bridgehead atoms. The Morgan fingerprint density at radius 2 is 1.79 bits per heavy atom. The van der Waals surface area contributed by atoms with Crippen LogP contribution in [0.4, 0.5) is 19.3 Å². The predicted octanol–water partition coefficient (Wildman–Crippen LogP) is 3.00. The fourth-order valence-corrected chi connectivity index (χ4v) is 2.70. The van der Waals surface area contributed by atoms with Gasteiger partial charge in [0, 0.05) is 12.1 Å². The second kappa shape index (κ2) is 7.62. The highest BCUT2D eigenvalue weighted by molar-refractivity contribution is 6.07. The average Bonchev–Trinajstić information content (AvgIpc) is 2.90. The summed E-state index contributed by atoms with van der Waals surface area (Å²) in [7, 11) is 0. The molecule has 3 amide bonds. The number of nitrogens with one attached hydrogen (secondary N) is 1. The normalized spacial score (nSPS) is 19.1. The quantitative estimate of drug-likeness (QED) is 0.344. The van der Waals surface area contributed by atoms with Gasteiger partial charge in [-0.1, -0.05) is 12.1 Å². The lowest BCUT2D eigenvalue weighted by molar-refractivity contribution is -0.384. The number of carbonyl (C=O) groups excluding carboxylic acids is 2. The molecule has 0 spiro atoms. The third kappa shape index (κ3) is 4.03. The topological polar surface area (TPSA) is 114 Å². The van der Waals surface area contributed by atoms with E-state index in [0.29, 0.717) is 16.1 Å². The van der Waals surface area contributed by atoms with Crippen molar-refractivity contribution >= 4 is 23.8 Å². The summed E-state index contributed by atoms with van der Waals surface area (Å²) in [5.74, 6) is -0.764. The van der Waals surface area contributed by atoms with Crippen LogP contribution in [0.15, 0.2) is 53.6 Å². The Morgan fingerprint density at radius 3 is 2.34 bits per heavy atom. The number of nitro groups is 1. The molecule has 1 saturated heterocycles. The van der Waals surface area contributed by atoms with Crippen LogP contribution in [0.2, 0.25) is 0 Å². The number of hydrogen-bond acceptors (Lipinski definition) is 6. The molecule has 1 atom stereocenters. The number of benzene rings is 2. The van der Waals surface area contributed by atoms with E-state index in [1.807, 2.05) is 0 Å². The first-order valence-electron chi connectivity index (χ1n) is 8.21. The maximum atomic E-state index is 12.8. The highest BCUT2D eigenvalue weighted by atomic mass is 19.3. The van der Waals surface area contributed by atoms with E-state index in [1.165, 1.54) is 61.7 Å².